The maximum atomic E-state index is 13.0. The minimum absolute atomic E-state index is 0.277. The van der Waals surface area contributed by atoms with Crippen molar-refractivity contribution in [2.45, 2.75) is 32.4 Å². The third-order valence-corrected chi connectivity index (χ3v) is 5.63. The summed E-state index contributed by atoms with van der Waals surface area (Å²) in [6, 6.07) is 10.2. The maximum Gasteiger partial charge on any atom is 0.255 e. The smallest absolute Gasteiger partial charge is 0.255 e. The molecule has 174 valence electrons. The highest BCUT2D eigenvalue weighted by Gasteiger charge is 2.20. The van der Waals surface area contributed by atoms with Crippen molar-refractivity contribution in [3.63, 3.8) is 0 Å². The van der Waals surface area contributed by atoms with Crippen molar-refractivity contribution in [1.82, 2.24) is 9.78 Å². The molecular weight excluding hydrogens is 422 g/mol. The van der Waals surface area contributed by atoms with Crippen LogP contribution in [0.1, 0.15) is 41.0 Å². The van der Waals surface area contributed by atoms with Crippen LogP contribution >= 0.6 is 0 Å². The van der Waals surface area contributed by atoms with Crippen molar-refractivity contribution in [2.75, 3.05) is 36.5 Å². The topological polar surface area (TPSA) is 123 Å². The van der Waals surface area contributed by atoms with E-state index in [2.05, 4.69) is 15.3 Å². The average molecular weight is 452 g/mol. The van der Waals surface area contributed by atoms with Gasteiger partial charge in [-0.05, 0) is 50.6 Å². The van der Waals surface area contributed by atoms with Gasteiger partial charge in [-0.3, -0.25) is 14.3 Å². The zero-order valence-electron chi connectivity index (χ0n) is 18.9. The van der Waals surface area contributed by atoms with Crippen LogP contribution in [0.5, 0.6) is 0 Å². The lowest BCUT2D eigenvalue weighted by atomic mass is 10.1. The number of hydrogen-bond acceptors (Lipinski definition) is 6. The van der Waals surface area contributed by atoms with E-state index in [4.69, 9.17) is 10.5 Å². The molecular formula is C24H29N5O4. The average Bonchev–Trinajstić information content (AvgIpc) is 3.19. The number of morpholine rings is 1. The van der Waals surface area contributed by atoms with Crippen molar-refractivity contribution in [3.8, 4) is 0 Å². The number of benzene rings is 2. The Morgan fingerprint density at radius 3 is 2.61 bits per heavy atom. The largest absolute Gasteiger partial charge is 0.390 e. The highest BCUT2D eigenvalue weighted by molar-refractivity contribution is 6.08. The van der Waals surface area contributed by atoms with Gasteiger partial charge in [0, 0.05) is 42.3 Å². The predicted octanol–water partition coefficient (Wildman–Crippen LogP) is 2.39. The Balaban J connectivity index is 1.67. The van der Waals surface area contributed by atoms with Crippen LogP contribution in [0.4, 0.5) is 11.4 Å². The number of ether oxygens (including phenoxy) is 1. The number of carbonyl (C=O) groups is 2. The van der Waals surface area contributed by atoms with Crippen LogP contribution in [0, 0.1) is 0 Å². The van der Waals surface area contributed by atoms with Gasteiger partial charge in [0.05, 0.1) is 35.7 Å². The van der Waals surface area contributed by atoms with Crippen molar-refractivity contribution >= 4 is 34.1 Å². The van der Waals surface area contributed by atoms with E-state index < -0.39 is 11.5 Å². The summed E-state index contributed by atoms with van der Waals surface area (Å²) in [5.74, 6) is -0.917. The third kappa shape index (κ3) is 5.50. The van der Waals surface area contributed by atoms with Gasteiger partial charge in [-0.25, -0.2) is 0 Å². The lowest BCUT2D eigenvalue weighted by molar-refractivity contribution is 0.0651. The molecule has 1 aliphatic heterocycles. The second-order valence-electron chi connectivity index (χ2n) is 8.88. The summed E-state index contributed by atoms with van der Waals surface area (Å²) in [6.07, 6.45) is 2.48. The summed E-state index contributed by atoms with van der Waals surface area (Å²) in [4.78, 5) is 26.7. The monoisotopic (exact) mass is 451 g/mol. The van der Waals surface area contributed by atoms with E-state index in [9.17, 15) is 14.7 Å². The van der Waals surface area contributed by atoms with Gasteiger partial charge >= 0.3 is 0 Å². The molecule has 2 aromatic carbocycles. The number of rotatable bonds is 7. The van der Waals surface area contributed by atoms with Gasteiger partial charge in [0.1, 0.15) is 0 Å². The highest BCUT2D eigenvalue weighted by Crippen LogP contribution is 2.32. The van der Waals surface area contributed by atoms with Crippen LogP contribution in [0.15, 0.2) is 42.6 Å². The molecule has 0 saturated carbocycles. The summed E-state index contributed by atoms with van der Waals surface area (Å²) < 4.78 is 7.30. The quantitative estimate of drug-likeness (QED) is 0.507. The molecule has 9 nitrogen and oxygen atoms in total. The van der Waals surface area contributed by atoms with E-state index in [0.29, 0.717) is 50.5 Å². The van der Waals surface area contributed by atoms with Crippen LogP contribution in [0.2, 0.25) is 0 Å². The van der Waals surface area contributed by atoms with E-state index in [1.165, 1.54) is 6.07 Å². The van der Waals surface area contributed by atoms with Crippen molar-refractivity contribution in [1.29, 1.82) is 0 Å². The first-order chi connectivity index (χ1) is 15.7. The standard InChI is InChI=1S/C24H29N5O4/c1-24(2,32)6-7-29-15-18-13-20(21(14-19(18)27-29)28-8-10-33-11-9-28)26-23(31)17-5-3-4-16(12-17)22(25)30/h3-5,12-15,32H,6-11H2,1-2H3,(H2,25,30)(H,26,31). The first kappa shape index (κ1) is 22.8. The van der Waals surface area contributed by atoms with E-state index >= 15 is 0 Å². The molecule has 1 aromatic heterocycles. The third-order valence-electron chi connectivity index (χ3n) is 5.63. The Hall–Kier alpha value is -3.43. The highest BCUT2D eigenvalue weighted by atomic mass is 16.5. The van der Waals surface area contributed by atoms with E-state index in [-0.39, 0.29) is 11.5 Å². The fourth-order valence-corrected chi connectivity index (χ4v) is 3.79. The Bertz CT molecular complexity index is 1180. The molecule has 4 N–H and O–H groups in total. The van der Waals surface area contributed by atoms with Gasteiger partial charge in [0.15, 0.2) is 0 Å². The fraction of sp³-hybridized carbons (Fsp3) is 0.375. The van der Waals surface area contributed by atoms with Gasteiger partial charge in [-0.15, -0.1) is 0 Å². The van der Waals surface area contributed by atoms with Crippen LogP contribution in [0.3, 0.4) is 0 Å². The molecule has 9 heteroatoms. The SMILES string of the molecule is CC(C)(O)CCn1cc2cc(NC(=O)c3cccc(C(N)=O)c3)c(N3CCOCC3)cc2n1. The summed E-state index contributed by atoms with van der Waals surface area (Å²) >= 11 is 0. The minimum atomic E-state index is -0.782. The first-order valence-corrected chi connectivity index (χ1v) is 11.0. The Morgan fingerprint density at radius 1 is 1.18 bits per heavy atom. The lowest BCUT2D eigenvalue weighted by Gasteiger charge is -2.30. The van der Waals surface area contributed by atoms with Crippen LogP contribution in [-0.2, 0) is 11.3 Å². The molecule has 0 spiro atoms. The molecule has 0 radical (unpaired) electrons. The number of aryl methyl sites for hydroxylation is 1. The molecule has 1 saturated heterocycles. The molecule has 33 heavy (non-hydrogen) atoms. The fourth-order valence-electron chi connectivity index (χ4n) is 3.79. The van der Waals surface area contributed by atoms with Gasteiger partial charge in [-0.2, -0.15) is 5.10 Å². The Kier molecular flexibility index (Phi) is 6.35. The maximum absolute atomic E-state index is 13.0. The number of aromatic nitrogens is 2. The van der Waals surface area contributed by atoms with Crippen LogP contribution in [0.25, 0.3) is 10.9 Å². The molecule has 0 aliphatic carbocycles. The molecule has 3 aromatic rings. The first-order valence-electron chi connectivity index (χ1n) is 11.0. The van der Waals surface area contributed by atoms with Gasteiger partial charge in [0.2, 0.25) is 5.91 Å². The Labute approximate surface area is 192 Å². The van der Waals surface area contributed by atoms with Gasteiger partial charge in [-0.1, -0.05) is 6.07 Å². The molecule has 2 heterocycles. The van der Waals surface area contributed by atoms with E-state index in [1.54, 1.807) is 32.0 Å². The second kappa shape index (κ2) is 9.21. The zero-order chi connectivity index (χ0) is 23.6. The number of carbonyl (C=O) groups excluding carboxylic acids is 2. The van der Waals surface area contributed by atoms with Crippen molar-refractivity contribution in [2.24, 2.45) is 5.73 Å². The number of hydrogen-bond donors (Lipinski definition) is 3. The van der Waals surface area contributed by atoms with Gasteiger partial charge in [0.25, 0.3) is 5.91 Å². The predicted molar refractivity (Wildman–Crippen MR) is 127 cm³/mol. The van der Waals surface area contributed by atoms with Crippen LogP contribution < -0.4 is 16.0 Å². The second-order valence-corrected chi connectivity index (χ2v) is 8.88. The molecule has 0 atom stereocenters. The van der Waals surface area contributed by atoms with E-state index in [1.807, 2.05) is 23.0 Å². The summed E-state index contributed by atoms with van der Waals surface area (Å²) in [6.45, 7) is 6.72. The molecule has 0 bridgehead atoms. The van der Waals surface area contributed by atoms with Crippen LogP contribution in [-0.4, -0.2) is 58.6 Å². The number of primary amides is 1. The number of nitrogens with two attached hydrogens (primary N) is 1. The van der Waals surface area contributed by atoms with E-state index in [0.717, 1.165) is 16.6 Å². The van der Waals surface area contributed by atoms with Gasteiger partial charge < -0.3 is 25.8 Å². The van der Waals surface area contributed by atoms with Crippen molar-refractivity contribution in [3.05, 3.63) is 53.7 Å². The zero-order valence-corrected chi connectivity index (χ0v) is 18.9. The summed E-state index contributed by atoms with van der Waals surface area (Å²) in [5, 5.41) is 18.6. The number of amides is 2. The molecule has 0 unspecified atom stereocenters. The van der Waals surface area contributed by atoms with Crippen molar-refractivity contribution < 1.29 is 19.4 Å². The molecule has 1 aliphatic rings. The number of fused-ring (bicyclic) bond motifs is 1. The molecule has 4 rings (SSSR count). The molecule has 2 amide bonds. The summed E-state index contributed by atoms with van der Waals surface area (Å²) in [7, 11) is 0. The number of anilines is 2. The number of aliphatic hydroxyl groups is 1. The normalized spacial score (nSPS) is 14.5. The number of nitrogens with zero attached hydrogens (tertiary/aromatic N) is 3. The minimum Gasteiger partial charge on any atom is -0.390 e. The Morgan fingerprint density at radius 2 is 1.91 bits per heavy atom. The lowest BCUT2D eigenvalue weighted by Crippen LogP contribution is -2.36. The number of nitrogens with one attached hydrogen (secondary N) is 1. The molecule has 1 fully saturated rings. The summed E-state index contributed by atoms with van der Waals surface area (Å²) in [5.41, 5.74) is 7.52.